The van der Waals surface area contributed by atoms with E-state index in [1.54, 1.807) is 0 Å². The maximum absolute atomic E-state index is 6.69. The molecular formula is C59H37N3O. The molecule has 0 aliphatic carbocycles. The van der Waals surface area contributed by atoms with Gasteiger partial charge in [-0.15, -0.1) is 0 Å². The molecule has 13 aromatic rings. The first kappa shape index (κ1) is 35.3. The monoisotopic (exact) mass is 803 g/mol. The minimum Gasteiger partial charge on any atom is -0.435 e. The van der Waals surface area contributed by atoms with Gasteiger partial charge in [-0.2, -0.15) is 0 Å². The van der Waals surface area contributed by atoms with Gasteiger partial charge in [0.25, 0.3) is 0 Å². The van der Waals surface area contributed by atoms with Gasteiger partial charge < -0.3 is 13.9 Å². The number of anilines is 3. The Kier molecular flexibility index (Phi) is 7.87. The van der Waals surface area contributed by atoms with Crippen molar-refractivity contribution in [2.45, 2.75) is 0 Å². The van der Waals surface area contributed by atoms with E-state index in [-0.39, 0.29) is 0 Å². The highest BCUT2D eigenvalue weighted by Crippen LogP contribution is 2.47. The van der Waals surface area contributed by atoms with E-state index in [0.717, 1.165) is 56.1 Å². The van der Waals surface area contributed by atoms with Crippen molar-refractivity contribution in [2.24, 2.45) is 0 Å². The van der Waals surface area contributed by atoms with Crippen molar-refractivity contribution in [3.63, 3.8) is 0 Å². The van der Waals surface area contributed by atoms with Crippen LogP contribution in [0.25, 0.3) is 104 Å². The van der Waals surface area contributed by atoms with Gasteiger partial charge in [0.2, 0.25) is 5.89 Å². The van der Waals surface area contributed by atoms with Crippen LogP contribution in [-0.4, -0.2) is 9.55 Å². The molecule has 0 bridgehead atoms. The third kappa shape index (κ3) is 5.52. The van der Waals surface area contributed by atoms with E-state index in [1.165, 1.54) is 59.4 Å². The summed E-state index contributed by atoms with van der Waals surface area (Å²) in [6.07, 6.45) is 0. The fraction of sp³-hybridized carbons (Fsp3) is 0. The lowest BCUT2D eigenvalue weighted by Crippen LogP contribution is -2.11. The molecule has 0 fully saturated rings. The first-order valence-corrected chi connectivity index (χ1v) is 21.5. The summed E-state index contributed by atoms with van der Waals surface area (Å²) in [4.78, 5) is 7.41. The minimum absolute atomic E-state index is 0.604. The molecule has 13 rings (SSSR count). The molecule has 0 amide bonds. The van der Waals surface area contributed by atoms with Gasteiger partial charge in [0, 0.05) is 44.5 Å². The molecule has 2 heterocycles. The van der Waals surface area contributed by atoms with Gasteiger partial charge in [0.05, 0.1) is 16.7 Å². The Morgan fingerprint density at radius 3 is 1.75 bits per heavy atom. The maximum Gasteiger partial charge on any atom is 0.227 e. The maximum atomic E-state index is 6.69. The third-order valence-electron chi connectivity index (χ3n) is 12.8. The molecule has 0 radical (unpaired) electrons. The molecule has 0 aliphatic heterocycles. The van der Waals surface area contributed by atoms with Gasteiger partial charge in [-0.05, 0) is 110 Å². The van der Waals surface area contributed by atoms with Gasteiger partial charge in [0.1, 0.15) is 5.52 Å². The lowest BCUT2D eigenvalue weighted by Gasteiger charge is -2.28. The molecule has 0 aliphatic rings. The van der Waals surface area contributed by atoms with Gasteiger partial charge in [0.15, 0.2) is 5.58 Å². The van der Waals surface area contributed by atoms with Gasteiger partial charge in [-0.1, -0.05) is 158 Å². The van der Waals surface area contributed by atoms with Crippen molar-refractivity contribution in [1.29, 1.82) is 0 Å². The molecule has 4 nitrogen and oxygen atoms in total. The summed E-state index contributed by atoms with van der Waals surface area (Å²) in [6.45, 7) is 0. The zero-order valence-corrected chi connectivity index (χ0v) is 34.1. The Bertz CT molecular complexity index is 3890. The summed E-state index contributed by atoms with van der Waals surface area (Å²) in [5.74, 6) is 0.604. The van der Waals surface area contributed by atoms with Crippen LogP contribution in [0.1, 0.15) is 0 Å². The van der Waals surface area contributed by atoms with Crippen LogP contribution in [0.3, 0.4) is 0 Å². The van der Waals surface area contributed by atoms with E-state index < -0.39 is 0 Å². The first-order valence-electron chi connectivity index (χ1n) is 21.5. The lowest BCUT2D eigenvalue weighted by molar-refractivity contribution is 0.621. The molecule has 2 aromatic heterocycles. The van der Waals surface area contributed by atoms with Crippen LogP contribution in [0.2, 0.25) is 0 Å². The second-order valence-corrected chi connectivity index (χ2v) is 16.3. The van der Waals surface area contributed by atoms with Gasteiger partial charge in [-0.3, -0.25) is 0 Å². The summed E-state index contributed by atoms with van der Waals surface area (Å²) in [5, 5.41) is 12.4. The number of rotatable bonds is 6. The molecule has 0 N–H and O–H groups in total. The van der Waals surface area contributed by atoms with E-state index in [2.05, 4.69) is 198 Å². The van der Waals surface area contributed by atoms with Crippen molar-refractivity contribution in [3.05, 3.63) is 224 Å². The Morgan fingerprint density at radius 1 is 0.397 bits per heavy atom. The van der Waals surface area contributed by atoms with Crippen LogP contribution >= 0.6 is 0 Å². The number of oxazole rings is 1. The standard InChI is InChI=1S/C59H37N3O/c1-3-17-39(18-4-1)59-60-53-28-15-27-50(58(53)63-59)49-26-13-14-29-54(49)61(41-31-33-48-46-24-10-9-22-44(46)45-23-11-12-25-47(45)52(48)36-41)42-32-34-51-56(37-42)62(40-19-5-2-6-20-40)55-35-30-38-16-7-8-21-43(38)57(51)55/h1-37H. The second kappa shape index (κ2) is 14.1. The van der Waals surface area contributed by atoms with Crippen LogP contribution in [0.15, 0.2) is 229 Å². The van der Waals surface area contributed by atoms with E-state index in [1.807, 2.05) is 36.4 Å². The number of nitrogens with zero attached hydrogens (tertiary/aromatic N) is 3. The Hall–Kier alpha value is -8.47. The molecule has 11 aromatic carbocycles. The highest BCUT2D eigenvalue weighted by atomic mass is 16.3. The summed E-state index contributed by atoms with van der Waals surface area (Å²) in [7, 11) is 0. The molecule has 0 saturated carbocycles. The lowest BCUT2D eigenvalue weighted by atomic mass is 9.93. The topological polar surface area (TPSA) is 34.2 Å². The SMILES string of the molecule is c1ccc(-c2nc3cccc(-c4ccccc4N(c4ccc5c6ccccc6c6ccccc6c5c4)c4ccc5c6c7ccccc7ccc6n(-c6ccccc6)c5c4)c3o2)cc1. The van der Waals surface area contributed by atoms with Crippen molar-refractivity contribution in [2.75, 3.05) is 4.90 Å². The molecule has 0 unspecified atom stereocenters. The number of hydrogen-bond donors (Lipinski definition) is 0. The highest BCUT2D eigenvalue weighted by molar-refractivity contribution is 6.26. The highest BCUT2D eigenvalue weighted by Gasteiger charge is 2.23. The van der Waals surface area contributed by atoms with Crippen LogP contribution in [0, 0.1) is 0 Å². The summed E-state index contributed by atoms with van der Waals surface area (Å²) < 4.78 is 9.11. The van der Waals surface area contributed by atoms with Crippen molar-refractivity contribution < 1.29 is 4.42 Å². The quantitative estimate of drug-likeness (QED) is 0.157. The molecule has 0 saturated heterocycles. The van der Waals surface area contributed by atoms with E-state index in [9.17, 15) is 0 Å². The van der Waals surface area contributed by atoms with Gasteiger partial charge >= 0.3 is 0 Å². The Morgan fingerprint density at radius 2 is 0.984 bits per heavy atom. The molecule has 294 valence electrons. The molecule has 0 atom stereocenters. The van der Waals surface area contributed by atoms with E-state index in [0.29, 0.717) is 5.89 Å². The van der Waals surface area contributed by atoms with Crippen molar-refractivity contribution >= 4 is 93.1 Å². The molecule has 4 heteroatoms. The molecular weight excluding hydrogens is 767 g/mol. The van der Waals surface area contributed by atoms with Crippen LogP contribution in [0.4, 0.5) is 17.1 Å². The van der Waals surface area contributed by atoms with Crippen LogP contribution in [0.5, 0.6) is 0 Å². The minimum atomic E-state index is 0.604. The Labute approximate surface area is 363 Å². The number of para-hydroxylation sites is 3. The van der Waals surface area contributed by atoms with Gasteiger partial charge in [-0.25, -0.2) is 4.98 Å². The zero-order chi connectivity index (χ0) is 41.4. The van der Waals surface area contributed by atoms with E-state index >= 15 is 0 Å². The number of hydrogen-bond acceptors (Lipinski definition) is 3. The summed E-state index contributed by atoms with van der Waals surface area (Å²) in [6, 6.07) is 80.6. The predicted octanol–water partition coefficient (Wildman–Crippen LogP) is 16.3. The largest absolute Gasteiger partial charge is 0.435 e. The fourth-order valence-electron chi connectivity index (χ4n) is 9.99. The van der Waals surface area contributed by atoms with Crippen molar-refractivity contribution in [3.8, 4) is 28.3 Å². The zero-order valence-electron chi connectivity index (χ0n) is 34.1. The van der Waals surface area contributed by atoms with Crippen LogP contribution < -0.4 is 4.90 Å². The smallest absolute Gasteiger partial charge is 0.227 e. The fourth-order valence-corrected chi connectivity index (χ4v) is 9.99. The first-order chi connectivity index (χ1) is 31.3. The van der Waals surface area contributed by atoms with E-state index in [4.69, 9.17) is 9.40 Å². The Balaban J connectivity index is 1.11. The molecule has 63 heavy (non-hydrogen) atoms. The van der Waals surface area contributed by atoms with Crippen LogP contribution in [-0.2, 0) is 0 Å². The summed E-state index contributed by atoms with van der Waals surface area (Å²) in [5.41, 5.74) is 11.1. The second-order valence-electron chi connectivity index (χ2n) is 16.3. The number of aromatic nitrogens is 2. The summed E-state index contributed by atoms with van der Waals surface area (Å²) >= 11 is 0. The number of fused-ring (bicyclic) bond motifs is 12. The average molecular weight is 804 g/mol. The molecule has 0 spiro atoms. The normalized spacial score (nSPS) is 11.8. The third-order valence-corrected chi connectivity index (χ3v) is 12.8. The van der Waals surface area contributed by atoms with Crippen molar-refractivity contribution in [1.82, 2.24) is 9.55 Å². The average Bonchev–Trinajstić information content (AvgIpc) is 3.95. The predicted molar refractivity (Wildman–Crippen MR) is 264 cm³/mol. The number of benzene rings is 11.